The lowest BCUT2D eigenvalue weighted by Gasteiger charge is -2.37. The number of carboxylic acids is 1. The topological polar surface area (TPSA) is 81.1 Å². The number of hydrogen-bond acceptors (Lipinski definition) is 3. The molecular formula is C13H24N2O4. The highest BCUT2D eigenvalue weighted by Crippen LogP contribution is 2.18. The van der Waals surface area contributed by atoms with Crippen LogP contribution in [0.1, 0.15) is 33.1 Å². The number of urea groups is 1. The quantitative estimate of drug-likeness (QED) is 0.782. The van der Waals surface area contributed by atoms with E-state index >= 15 is 0 Å². The first-order valence-corrected chi connectivity index (χ1v) is 6.86. The molecule has 0 spiro atoms. The van der Waals surface area contributed by atoms with Crippen LogP contribution in [-0.4, -0.2) is 64.3 Å². The molecule has 0 unspecified atom stereocenters. The number of aliphatic hydroxyl groups excluding tert-OH is 1. The number of nitrogens with zero attached hydrogens (tertiary/aromatic N) is 2. The molecule has 2 amide bonds. The summed E-state index contributed by atoms with van der Waals surface area (Å²) in [4.78, 5) is 26.7. The molecule has 110 valence electrons. The molecule has 1 aliphatic heterocycles. The second-order valence-corrected chi connectivity index (χ2v) is 5.27. The summed E-state index contributed by atoms with van der Waals surface area (Å²) >= 11 is 0. The molecule has 0 aromatic rings. The normalized spacial score (nSPS) is 19.6. The molecule has 1 atom stereocenters. The number of carboxylic acid groups (broad SMARTS) is 1. The van der Waals surface area contributed by atoms with E-state index < -0.39 is 11.9 Å². The lowest BCUT2D eigenvalue weighted by atomic mass is 9.98. The minimum atomic E-state index is -0.830. The predicted molar refractivity (Wildman–Crippen MR) is 70.9 cm³/mol. The van der Waals surface area contributed by atoms with E-state index in [-0.39, 0.29) is 25.2 Å². The molecule has 1 heterocycles. The zero-order valence-electron chi connectivity index (χ0n) is 11.7. The summed E-state index contributed by atoms with van der Waals surface area (Å²) in [6, 6.07) is -0.0707. The van der Waals surface area contributed by atoms with Gasteiger partial charge >= 0.3 is 12.0 Å². The highest BCUT2D eigenvalue weighted by atomic mass is 16.4. The zero-order chi connectivity index (χ0) is 14.4. The summed E-state index contributed by atoms with van der Waals surface area (Å²) in [5.41, 5.74) is 0. The molecule has 19 heavy (non-hydrogen) atoms. The molecule has 6 nitrogen and oxygen atoms in total. The summed E-state index contributed by atoms with van der Waals surface area (Å²) < 4.78 is 0. The minimum Gasteiger partial charge on any atom is -0.481 e. The summed E-state index contributed by atoms with van der Waals surface area (Å²) in [5.74, 6) is -1.28. The molecule has 6 heteroatoms. The van der Waals surface area contributed by atoms with Crippen LogP contribution in [0.15, 0.2) is 0 Å². The number of carbonyl (C=O) groups excluding carboxylic acids is 1. The molecule has 1 saturated heterocycles. The van der Waals surface area contributed by atoms with Gasteiger partial charge in [-0.1, -0.05) is 0 Å². The number of carbonyl (C=O) groups is 2. The van der Waals surface area contributed by atoms with E-state index in [2.05, 4.69) is 0 Å². The minimum absolute atomic E-state index is 0.0456. The Labute approximate surface area is 114 Å². The average Bonchev–Trinajstić information content (AvgIpc) is 2.38. The van der Waals surface area contributed by atoms with Gasteiger partial charge in [-0.15, -0.1) is 0 Å². The number of piperidine rings is 1. The third-order valence-electron chi connectivity index (χ3n) is 3.47. The average molecular weight is 272 g/mol. The number of rotatable bonds is 5. The number of aliphatic hydroxyl groups is 1. The van der Waals surface area contributed by atoms with Crippen molar-refractivity contribution in [2.45, 2.75) is 39.2 Å². The molecule has 0 aromatic heterocycles. The maximum Gasteiger partial charge on any atom is 0.320 e. The van der Waals surface area contributed by atoms with Crippen molar-refractivity contribution < 1.29 is 19.8 Å². The Bertz CT molecular complexity index is 320. The van der Waals surface area contributed by atoms with Gasteiger partial charge in [0.2, 0.25) is 0 Å². The molecule has 0 saturated carbocycles. The maximum absolute atomic E-state index is 12.4. The SMILES string of the molecule is CC(C)N(CCCO)C(=O)N1CCC[C@H](C(=O)O)C1. The summed E-state index contributed by atoms with van der Waals surface area (Å²) in [7, 11) is 0. The fraction of sp³-hybridized carbons (Fsp3) is 0.846. The van der Waals surface area contributed by atoms with Gasteiger partial charge in [0.25, 0.3) is 0 Å². The van der Waals surface area contributed by atoms with Crippen molar-refractivity contribution in [3.05, 3.63) is 0 Å². The molecule has 0 radical (unpaired) electrons. The van der Waals surface area contributed by atoms with E-state index in [0.29, 0.717) is 25.9 Å². The largest absolute Gasteiger partial charge is 0.481 e. The fourth-order valence-electron chi connectivity index (χ4n) is 2.35. The lowest BCUT2D eigenvalue weighted by Crippen LogP contribution is -2.51. The lowest BCUT2D eigenvalue weighted by molar-refractivity contribution is -0.143. The number of likely N-dealkylation sites (tertiary alicyclic amines) is 1. The second kappa shape index (κ2) is 7.33. The van der Waals surface area contributed by atoms with Crippen molar-refractivity contribution in [3.8, 4) is 0 Å². The van der Waals surface area contributed by atoms with Crippen LogP contribution in [0.2, 0.25) is 0 Å². The van der Waals surface area contributed by atoms with Crippen LogP contribution in [0, 0.1) is 5.92 Å². The van der Waals surface area contributed by atoms with E-state index in [9.17, 15) is 9.59 Å². The van der Waals surface area contributed by atoms with Crippen molar-refractivity contribution in [3.63, 3.8) is 0 Å². The van der Waals surface area contributed by atoms with Crippen molar-refractivity contribution in [1.82, 2.24) is 9.80 Å². The Morgan fingerprint density at radius 1 is 1.42 bits per heavy atom. The van der Waals surface area contributed by atoms with Crippen LogP contribution in [0.3, 0.4) is 0 Å². The van der Waals surface area contributed by atoms with Gasteiger partial charge in [-0.25, -0.2) is 4.79 Å². The zero-order valence-corrected chi connectivity index (χ0v) is 11.7. The van der Waals surface area contributed by atoms with Crippen molar-refractivity contribution in [2.24, 2.45) is 5.92 Å². The van der Waals surface area contributed by atoms with Gasteiger partial charge in [0.1, 0.15) is 0 Å². The van der Waals surface area contributed by atoms with E-state index in [0.717, 1.165) is 6.42 Å². The first-order chi connectivity index (χ1) is 8.97. The summed E-state index contributed by atoms with van der Waals surface area (Å²) in [5, 5.41) is 17.9. The summed E-state index contributed by atoms with van der Waals surface area (Å²) in [6.45, 7) is 5.30. The molecule has 0 aromatic carbocycles. The Kier molecular flexibility index (Phi) is 6.08. The van der Waals surface area contributed by atoms with Crippen LogP contribution in [-0.2, 0) is 4.79 Å². The van der Waals surface area contributed by atoms with E-state index in [1.807, 2.05) is 13.8 Å². The number of aliphatic carboxylic acids is 1. The van der Waals surface area contributed by atoms with Crippen molar-refractivity contribution >= 4 is 12.0 Å². The van der Waals surface area contributed by atoms with E-state index in [1.54, 1.807) is 9.80 Å². The molecule has 0 bridgehead atoms. The maximum atomic E-state index is 12.4. The summed E-state index contributed by atoms with van der Waals surface area (Å²) in [6.07, 6.45) is 1.91. The van der Waals surface area contributed by atoms with Crippen LogP contribution >= 0.6 is 0 Å². The molecule has 1 fully saturated rings. The fourth-order valence-corrected chi connectivity index (χ4v) is 2.35. The predicted octanol–water partition coefficient (Wildman–Crippen LogP) is 0.996. The van der Waals surface area contributed by atoms with Crippen LogP contribution in [0.25, 0.3) is 0 Å². The van der Waals surface area contributed by atoms with Crippen LogP contribution < -0.4 is 0 Å². The van der Waals surface area contributed by atoms with E-state index in [1.165, 1.54) is 0 Å². The van der Waals surface area contributed by atoms with Gasteiger partial charge in [-0.05, 0) is 33.1 Å². The Morgan fingerprint density at radius 3 is 2.63 bits per heavy atom. The van der Waals surface area contributed by atoms with Gasteiger partial charge in [0.15, 0.2) is 0 Å². The molecule has 1 aliphatic rings. The van der Waals surface area contributed by atoms with Gasteiger partial charge in [-0.3, -0.25) is 4.79 Å². The molecule has 0 aliphatic carbocycles. The standard InChI is InChI=1S/C13H24N2O4/c1-10(2)15(7-4-8-16)13(19)14-6-3-5-11(9-14)12(17)18/h10-11,16H,3-9H2,1-2H3,(H,17,18)/t11-/m0/s1. The van der Waals surface area contributed by atoms with Gasteiger partial charge in [0, 0.05) is 32.3 Å². The number of amides is 2. The smallest absolute Gasteiger partial charge is 0.320 e. The highest BCUT2D eigenvalue weighted by Gasteiger charge is 2.31. The van der Waals surface area contributed by atoms with Gasteiger partial charge in [-0.2, -0.15) is 0 Å². The first-order valence-electron chi connectivity index (χ1n) is 6.86. The van der Waals surface area contributed by atoms with E-state index in [4.69, 9.17) is 10.2 Å². The second-order valence-electron chi connectivity index (χ2n) is 5.27. The molecule has 2 N–H and O–H groups in total. The molecular weight excluding hydrogens is 248 g/mol. The highest BCUT2D eigenvalue weighted by molar-refractivity contribution is 5.77. The van der Waals surface area contributed by atoms with Crippen molar-refractivity contribution in [2.75, 3.05) is 26.2 Å². The number of hydrogen-bond donors (Lipinski definition) is 2. The third kappa shape index (κ3) is 4.38. The van der Waals surface area contributed by atoms with Gasteiger partial charge < -0.3 is 20.0 Å². The molecule has 1 rings (SSSR count). The van der Waals surface area contributed by atoms with Crippen LogP contribution in [0.4, 0.5) is 4.79 Å². The Balaban J connectivity index is 2.65. The monoisotopic (exact) mass is 272 g/mol. The first kappa shape index (κ1) is 15.8. The van der Waals surface area contributed by atoms with Crippen molar-refractivity contribution in [1.29, 1.82) is 0 Å². The Hall–Kier alpha value is -1.30. The Morgan fingerprint density at radius 2 is 2.11 bits per heavy atom. The van der Waals surface area contributed by atoms with Crippen LogP contribution in [0.5, 0.6) is 0 Å². The third-order valence-corrected chi connectivity index (χ3v) is 3.47. The van der Waals surface area contributed by atoms with Gasteiger partial charge in [0.05, 0.1) is 5.92 Å².